The van der Waals surface area contributed by atoms with Gasteiger partial charge in [-0.15, -0.1) is 0 Å². The molecule has 0 spiro atoms. The van der Waals surface area contributed by atoms with Crippen LogP contribution in [0.2, 0.25) is 0 Å². The lowest BCUT2D eigenvalue weighted by atomic mass is 9.95. The summed E-state index contributed by atoms with van der Waals surface area (Å²) in [6.07, 6.45) is 6.62. The van der Waals surface area contributed by atoms with Crippen LogP contribution in [0.15, 0.2) is 188 Å². The fraction of sp³-hybridized carbons (Fsp3) is 0.0400. The summed E-state index contributed by atoms with van der Waals surface area (Å²) in [6.45, 7) is 2.17. The van der Waals surface area contributed by atoms with E-state index in [0.717, 1.165) is 84.8 Å². The molecule has 0 saturated heterocycles. The zero-order chi connectivity index (χ0) is 36.7. The summed E-state index contributed by atoms with van der Waals surface area (Å²) in [4.78, 5) is 4.80. The summed E-state index contributed by atoms with van der Waals surface area (Å²) >= 11 is 0. The summed E-state index contributed by atoms with van der Waals surface area (Å²) in [5, 5.41) is 2.34. The quantitative estimate of drug-likeness (QED) is 0.116. The Labute approximate surface area is 319 Å². The van der Waals surface area contributed by atoms with Crippen molar-refractivity contribution in [2.24, 2.45) is 0 Å². The number of rotatable bonds is 8. The molecular weight excluding hydrogens is 673 g/mol. The summed E-state index contributed by atoms with van der Waals surface area (Å²) in [7, 11) is 0. The summed E-state index contributed by atoms with van der Waals surface area (Å²) < 4.78 is 13.3. The number of pyridine rings is 1. The van der Waals surface area contributed by atoms with Crippen LogP contribution in [0.4, 0.5) is 0 Å². The molecule has 0 aliphatic heterocycles. The second kappa shape index (κ2) is 13.6. The van der Waals surface area contributed by atoms with E-state index in [2.05, 4.69) is 197 Å². The Kier molecular flexibility index (Phi) is 8.03. The maximum Gasteiger partial charge on any atom is 0.269 e. The highest BCUT2D eigenvalue weighted by atomic mass is 16.5. The molecule has 3 heterocycles. The average molecular weight is 709 g/mol. The summed E-state index contributed by atoms with van der Waals surface area (Å²) in [5.41, 5.74) is 12.1. The van der Waals surface area contributed by atoms with Gasteiger partial charge in [-0.3, -0.25) is 13.7 Å². The second-order valence-electron chi connectivity index (χ2n) is 13.7. The van der Waals surface area contributed by atoms with Crippen molar-refractivity contribution in [2.45, 2.75) is 13.3 Å². The number of para-hydroxylation sites is 4. The maximum atomic E-state index is 6.67. The van der Waals surface area contributed by atoms with Gasteiger partial charge >= 0.3 is 0 Å². The Balaban J connectivity index is 1.09. The number of aryl methyl sites for hydroxylation is 1. The predicted octanol–water partition coefficient (Wildman–Crippen LogP) is 11.9. The van der Waals surface area contributed by atoms with E-state index in [1.165, 1.54) is 10.9 Å². The van der Waals surface area contributed by atoms with Crippen molar-refractivity contribution in [2.75, 3.05) is 0 Å². The van der Waals surface area contributed by atoms with E-state index in [1.807, 2.05) is 18.3 Å². The molecule has 0 amide bonds. The molecule has 0 aliphatic carbocycles. The smallest absolute Gasteiger partial charge is 0.269 e. The van der Waals surface area contributed by atoms with E-state index in [4.69, 9.17) is 9.72 Å². The van der Waals surface area contributed by atoms with Gasteiger partial charge in [0.25, 0.3) is 6.33 Å². The molecule has 7 aromatic carbocycles. The minimum Gasteiger partial charge on any atom is -0.458 e. The van der Waals surface area contributed by atoms with E-state index in [-0.39, 0.29) is 0 Å². The average Bonchev–Trinajstić information content (AvgIpc) is 3.80. The van der Waals surface area contributed by atoms with E-state index < -0.39 is 0 Å². The molecule has 0 saturated carbocycles. The maximum absolute atomic E-state index is 6.67. The molecule has 0 radical (unpaired) electrons. The lowest BCUT2D eigenvalue weighted by Crippen LogP contribution is -2.31. The first-order valence-electron chi connectivity index (χ1n) is 18.7. The zero-order valence-electron chi connectivity index (χ0n) is 30.3. The van der Waals surface area contributed by atoms with Crippen molar-refractivity contribution in [1.82, 2.24) is 14.1 Å². The lowest BCUT2D eigenvalue weighted by Gasteiger charge is -2.17. The van der Waals surface area contributed by atoms with Crippen LogP contribution in [0.5, 0.6) is 11.5 Å². The van der Waals surface area contributed by atoms with E-state index in [1.54, 1.807) is 0 Å². The highest BCUT2D eigenvalue weighted by molar-refractivity contribution is 6.09. The number of imidazole rings is 1. The second-order valence-corrected chi connectivity index (χ2v) is 13.7. The number of hydrogen-bond acceptors (Lipinski definition) is 2. The van der Waals surface area contributed by atoms with Crippen molar-refractivity contribution < 1.29 is 9.30 Å². The van der Waals surface area contributed by atoms with Crippen molar-refractivity contribution in [3.8, 4) is 50.9 Å². The number of ether oxygens (including phenoxy) is 1. The van der Waals surface area contributed by atoms with Crippen LogP contribution in [0, 0.1) is 6.33 Å². The summed E-state index contributed by atoms with van der Waals surface area (Å²) in [6, 6.07) is 63.5. The lowest BCUT2D eigenvalue weighted by molar-refractivity contribution is -0.571. The monoisotopic (exact) mass is 708 g/mol. The number of fused-ring (bicyclic) bond motifs is 4. The normalized spacial score (nSPS) is 11.4. The van der Waals surface area contributed by atoms with E-state index >= 15 is 0 Å². The third-order valence-corrected chi connectivity index (χ3v) is 10.4. The van der Waals surface area contributed by atoms with Crippen LogP contribution in [0.3, 0.4) is 0 Å². The van der Waals surface area contributed by atoms with Gasteiger partial charge in [0.15, 0.2) is 0 Å². The molecule has 0 atom stereocenters. The molecule has 10 aromatic rings. The fourth-order valence-electron chi connectivity index (χ4n) is 7.79. The highest BCUT2D eigenvalue weighted by Gasteiger charge is 2.20. The molecule has 5 heteroatoms. The van der Waals surface area contributed by atoms with Crippen LogP contribution in [-0.2, 0) is 6.42 Å². The first-order chi connectivity index (χ1) is 27.2. The van der Waals surface area contributed by atoms with Crippen molar-refractivity contribution in [1.29, 1.82) is 0 Å². The van der Waals surface area contributed by atoms with Crippen LogP contribution in [0.1, 0.15) is 12.5 Å². The molecule has 0 bridgehead atoms. The van der Waals surface area contributed by atoms with Gasteiger partial charge in [0.05, 0.1) is 33.4 Å². The topological polar surface area (TPSA) is 35.9 Å². The van der Waals surface area contributed by atoms with Gasteiger partial charge in [0.2, 0.25) is 0 Å². The van der Waals surface area contributed by atoms with Gasteiger partial charge < -0.3 is 4.74 Å². The largest absolute Gasteiger partial charge is 0.458 e. The van der Waals surface area contributed by atoms with Crippen LogP contribution < -0.4 is 9.30 Å². The van der Waals surface area contributed by atoms with Crippen molar-refractivity contribution in [3.63, 3.8) is 0 Å². The van der Waals surface area contributed by atoms with Crippen molar-refractivity contribution in [3.05, 3.63) is 200 Å². The fourth-order valence-corrected chi connectivity index (χ4v) is 7.79. The third kappa shape index (κ3) is 5.74. The Morgan fingerprint density at radius 2 is 1.22 bits per heavy atom. The molecule has 55 heavy (non-hydrogen) atoms. The molecule has 262 valence electrons. The van der Waals surface area contributed by atoms with Gasteiger partial charge in [0.1, 0.15) is 17.3 Å². The molecular formula is C50H36N4O. The van der Waals surface area contributed by atoms with Crippen LogP contribution >= 0.6 is 0 Å². The molecule has 10 rings (SSSR count). The van der Waals surface area contributed by atoms with Gasteiger partial charge in [-0.05, 0) is 82.8 Å². The van der Waals surface area contributed by atoms with Gasteiger partial charge in [-0.25, -0.2) is 4.98 Å². The predicted molar refractivity (Wildman–Crippen MR) is 223 cm³/mol. The first-order valence-corrected chi connectivity index (χ1v) is 18.7. The van der Waals surface area contributed by atoms with Crippen LogP contribution in [-0.4, -0.2) is 14.1 Å². The van der Waals surface area contributed by atoms with E-state index in [0.29, 0.717) is 0 Å². The van der Waals surface area contributed by atoms with Crippen LogP contribution in [0.25, 0.3) is 72.3 Å². The number of aromatic nitrogens is 4. The summed E-state index contributed by atoms with van der Waals surface area (Å²) in [5.74, 6) is 2.39. The number of hydrogen-bond donors (Lipinski definition) is 0. The molecule has 0 unspecified atom stereocenters. The van der Waals surface area contributed by atoms with Gasteiger partial charge in [0, 0.05) is 23.0 Å². The Morgan fingerprint density at radius 3 is 1.98 bits per heavy atom. The van der Waals surface area contributed by atoms with E-state index in [9.17, 15) is 0 Å². The first kappa shape index (κ1) is 32.4. The Bertz CT molecular complexity index is 2940. The third-order valence-electron chi connectivity index (χ3n) is 10.4. The molecule has 3 aromatic heterocycles. The Hall–Kier alpha value is -7.24. The van der Waals surface area contributed by atoms with Crippen molar-refractivity contribution >= 4 is 32.8 Å². The molecule has 0 fully saturated rings. The highest BCUT2D eigenvalue weighted by Crippen LogP contribution is 2.37. The molecule has 0 aliphatic rings. The Morgan fingerprint density at radius 1 is 0.564 bits per heavy atom. The number of nitrogens with zero attached hydrogens (tertiary/aromatic N) is 4. The SMILES string of the molecule is CCc1ccnc(-n2c3ccccc3c3ccc(Oc4cccc(-n5[c-][n+](-c6c(-c7ccccc7)cccc6-c6ccccc6)c6ccccc65)c4)cc32)c1. The zero-order valence-corrected chi connectivity index (χ0v) is 30.3. The standard InChI is InChI=1S/C50H36N4O/c1-2-35-29-30-51-49(31-35)54-45-24-10-9-21-43(45)44-28-27-40(33-48(44)54)55-39-20-13-19-38(32-39)52-34-53(47-26-12-11-25-46(47)52)50-41(36-15-5-3-6-16-36)22-14-23-42(50)37-17-7-4-8-18-37/h3-33H,2H2,1H3. The van der Waals surface area contributed by atoms with Gasteiger partial charge in [-0.2, -0.15) is 0 Å². The minimum absolute atomic E-state index is 0.734. The molecule has 0 N–H and O–H groups in total. The molecule has 5 nitrogen and oxygen atoms in total. The van der Waals surface area contributed by atoms with Gasteiger partial charge in [-0.1, -0.05) is 134 Å². The minimum atomic E-state index is 0.734. The number of benzene rings is 7.